The molecular formula is C22H23N5OS. The number of tetrazole rings is 1. The van der Waals surface area contributed by atoms with E-state index >= 15 is 0 Å². The van der Waals surface area contributed by atoms with Crippen LogP contribution in [0.1, 0.15) is 25.0 Å². The van der Waals surface area contributed by atoms with E-state index in [4.69, 9.17) is 0 Å². The minimum absolute atomic E-state index is 0.0384. The zero-order valence-corrected chi connectivity index (χ0v) is 17.8. The highest BCUT2D eigenvalue weighted by Gasteiger charge is 2.38. The van der Waals surface area contributed by atoms with E-state index in [0.29, 0.717) is 5.16 Å². The lowest BCUT2D eigenvalue weighted by Crippen LogP contribution is -2.24. The number of thioether (sulfide) groups is 1. The summed E-state index contributed by atoms with van der Waals surface area (Å²) in [4.78, 5) is 14.9. The van der Waals surface area contributed by atoms with Gasteiger partial charge in [0.25, 0.3) is 0 Å². The summed E-state index contributed by atoms with van der Waals surface area (Å²) in [6.07, 6.45) is 1.76. The van der Waals surface area contributed by atoms with Gasteiger partial charge in [0.05, 0.1) is 11.4 Å². The summed E-state index contributed by atoms with van der Waals surface area (Å²) in [5.74, 6) is 0.312. The van der Waals surface area contributed by atoms with Gasteiger partial charge in [-0.05, 0) is 46.7 Å². The third kappa shape index (κ3) is 3.58. The number of allylic oxidation sites excluding steroid dienone is 2. The van der Waals surface area contributed by atoms with Crippen molar-refractivity contribution >= 4 is 23.2 Å². The van der Waals surface area contributed by atoms with Crippen molar-refractivity contribution in [2.45, 2.75) is 31.3 Å². The normalized spacial score (nSPS) is 16.3. The van der Waals surface area contributed by atoms with Gasteiger partial charge in [-0.3, -0.25) is 4.79 Å². The topological polar surface area (TPSA) is 63.9 Å². The van der Waals surface area contributed by atoms with E-state index in [9.17, 15) is 4.79 Å². The van der Waals surface area contributed by atoms with Crippen LogP contribution in [0, 0.1) is 6.92 Å². The smallest absolute Gasteiger partial charge is 0.214 e. The molecule has 0 radical (unpaired) electrons. The summed E-state index contributed by atoms with van der Waals surface area (Å²) in [6.45, 7) is 6.33. The van der Waals surface area contributed by atoms with E-state index in [0.717, 1.165) is 22.6 Å². The van der Waals surface area contributed by atoms with Crippen LogP contribution in [0.15, 0.2) is 65.5 Å². The quantitative estimate of drug-likeness (QED) is 0.473. The monoisotopic (exact) mass is 405 g/mol. The number of hydrogen-bond acceptors (Lipinski definition) is 6. The molecule has 0 atom stereocenters. The lowest BCUT2D eigenvalue weighted by Gasteiger charge is -2.23. The Morgan fingerprint density at radius 2 is 1.97 bits per heavy atom. The summed E-state index contributed by atoms with van der Waals surface area (Å²) in [5.41, 5.74) is 5.18. The SMILES string of the molecule is Cc1cccc(-n2nnnc2SCC(=O)/C=C2\N(C)c3ccccc3C2(C)C)c1. The Balaban J connectivity index is 1.52. The minimum atomic E-state index is -0.213. The lowest BCUT2D eigenvalue weighted by molar-refractivity contribution is -0.112. The Bertz CT molecular complexity index is 1100. The lowest BCUT2D eigenvalue weighted by atomic mass is 9.83. The van der Waals surface area contributed by atoms with Crippen molar-refractivity contribution < 1.29 is 4.79 Å². The first-order valence-corrected chi connectivity index (χ1v) is 10.4. The van der Waals surface area contributed by atoms with E-state index in [1.54, 1.807) is 10.8 Å². The van der Waals surface area contributed by atoms with Crippen molar-refractivity contribution in [3.05, 3.63) is 71.4 Å². The number of aromatic nitrogens is 4. The van der Waals surface area contributed by atoms with Gasteiger partial charge >= 0.3 is 0 Å². The number of hydrogen-bond donors (Lipinski definition) is 0. The van der Waals surface area contributed by atoms with Crippen molar-refractivity contribution in [1.29, 1.82) is 0 Å². The van der Waals surface area contributed by atoms with E-state index in [2.05, 4.69) is 46.4 Å². The molecule has 0 saturated heterocycles. The van der Waals surface area contributed by atoms with Gasteiger partial charge in [-0.15, -0.1) is 5.10 Å². The maximum atomic E-state index is 12.8. The first-order chi connectivity index (χ1) is 13.9. The van der Waals surface area contributed by atoms with Crippen LogP contribution in [0.4, 0.5) is 5.69 Å². The van der Waals surface area contributed by atoms with Gasteiger partial charge in [-0.1, -0.05) is 55.9 Å². The Hall–Kier alpha value is -2.93. The number of likely N-dealkylation sites (N-methyl/N-ethyl adjacent to an activating group) is 1. The molecule has 0 unspecified atom stereocenters. The molecule has 7 heteroatoms. The van der Waals surface area contributed by atoms with E-state index in [-0.39, 0.29) is 17.0 Å². The summed E-state index contributed by atoms with van der Waals surface area (Å²) >= 11 is 1.35. The van der Waals surface area contributed by atoms with Gasteiger partial charge in [0.1, 0.15) is 0 Å². The maximum absolute atomic E-state index is 12.8. The summed E-state index contributed by atoms with van der Waals surface area (Å²) in [6, 6.07) is 16.2. The molecule has 2 aromatic carbocycles. The van der Waals surface area contributed by atoms with E-state index in [1.807, 2.05) is 50.4 Å². The van der Waals surface area contributed by atoms with E-state index < -0.39 is 0 Å². The highest BCUT2D eigenvalue weighted by Crippen LogP contribution is 2.46. The average molecular weight is 406 g/mol. The fourth-order valence-corrected chi connectivity index (χ4v) is 4.49. The highest BCUT2D eigenvalue weighted by molar-refractivity contribution is 7.99. The van der Waals surface area contributed by atoms with Crippen LogP contribution >= 0.6 is 11.8 Å². The minimum Gasteiger partial charge on any atom is -0.347 e. The Morgan fingerprint density at radius 1 is 1.17 bits per heavy atom. The number of para-hydroxylation sites is 1. The molecule has 3 aromatic rings. The predicted molar refractivity (Wildman–Crippen MR) is 116 cm³/mol. The second kappa shape index (κ2) is 7.48. The molecule has 0 amide bonds. The van der Waals surface area contributed by atoms with Gasteiger partial charge in [-0.25, -0.2) is 0 Å². The largest absolute Gasteiger partial charge is 0.347 e. The molecule has 4 rings (SSSR count). The van der Waals surface area contributed by atoms with Crippen LogP contribution in [0.3, 0.4) is 0 Å². The molecule has 0 saturated carbocycles. The Labute approximate surface area is 174 Å². The standard InChI is InChI=1S/C22H23N5OS/c1-15-8-7-9-16(12-15)27-21(23-24-25-27)29-14-17(28)13-20-22(2,3)18-10-5-6-11-19(18)26(20)4/h5-13H,14H2,1-4H3/b20-13-. The molecule has 1 aliphatic rings. The molecule has 0 fully saturated rings. The van der Waals surface area contributed by atoms with Gasteiger partial charge in [0.2, 0.25) is 5.16 Å². The second-order valence-corrected chi connectivity index (χ2v) is 8.64. The molecule has 1 aromatic heterocycles. The zero-order chi connectivity index (χ0) is 20.6. The summed E-state index contributed by atoms with van der Waals surface area (Å²) in [5, 5.41) is 12.5. The maximum Gasteiger partial charge on any atom is 0.214 e. The molecule has 1 aliphatic heterocycles. The number of anilines is 1. The van der Waals surface area contributed by atoms with Crippen LogP contribution in [0.2, 0.25) is 0 Å². The molecular weight excluding hydrogens is 382 g/mol. The molecule has 29 heavy (non-hydrogen) atoms. The van der Waals surface area contributed by atoms with Crippen molar-refractivity contribution in [2.24, 2.45) is 0 Å². The number of aryl methyl sites for hydroxylation is 1. The van der Waals surface area contributed by atoms with Crippen molar-refractivity contribution in [3.63, 3.8) is 0 Å². The summed E-state index contributed by atoms with van der Waals surface area (Å²) in [7, 11) is 2.01. The first-order valence-electron chi connectivity index (χ1n) is 9.44. The van der Waals surface area contributed by atoms with Crippen LogP contribution < -0.4 is 4.90 Å². The number of rotatable bonds is 5. The molecule has 148 valence electrons. The molecule has 2 heterocycles. The number of fused-ring (bicyclic) bond motifs is 1. The highest BCUT2D eigenvalue weighted by atomic mass is 32.2. The number of carbonyl (C=O) groups excluding carboxylic acids is 1. The fraction of sp³-hybridized carbons (Fsp3) is 0.273. The van der Waals surface area contributed by atoms with Gasteiger partial charge < -0.3 is 4.90 Å². The zero-order valence-electron chi connectivity index (χ0n) is 17.0. The Morgan fingerprint density at radius 3 is 2.72 bits per heavy atom. The molecule has 6 nitrogen and oxygen atoms in total. The van der Waals surface area contributed by atoms with Gasteiger partial charge in [0.15, 0.2) is 5.78 Å². The molecule has 0 N–H and O–H groups in total. The van der Waals surface area contributed by atoms with Crippen molar-refractivity contribution in [2.75, 3.05) is 17.7 Å². The fourth-order valence-electron chi connectivity index (χ4n) is 3.78. The number of ketones is 1. The van der Waals surface area contributed by atoms with Crippen molar-refractivity contribution in [1.82, 2.24) is 20.2 Å². The number of benzene rings is 2. The van der Waals surface area contributed by atoms with Gasteiger partial charge in [0, 0.05) is 29.9 Å². The van der Waals surface area contributed by atoms with Gasteiger partial charge in [-0.2, -0.15) is 4.68 Å². The third-order valence-corrected chi connectivity index (χ3v) is 6.21. The van der Waals surface area contributed by atoms with Crippen LogP contribution in [0.25, 0.3) is 5.69 Å². The van der Waals surface area contributed by atoms with E-state index in [1.165, 1.54) is 17.3 Å². The Kier molecular flexibility index (Phi) is 5.00. The number of nitrogens with zero attached hydrogens (tertiary/aromatic N) is 5. The van der Waals surface area contributed by atoms with Crippen molar-refractivity contribution in [3.8, 4) is 5.69 Å². The first kappa shape index (κ1) is 19.4. The molecule has 0 aliphatic carbocycles. The second-order valence-electron chi connectivity index (χ2n) is 7.70. The molecule has 0 spiro atoms. The molecule has 0 bridgehead atoms. The van der Waals surface area contributed by atoms with Crippen LogP contribution in [0.5, 0.6) is 0 Å². The predicted octanol–water partition coefficient (Wildman–Crippen LogP) is 3.94. The third-order valence-electron chi connectivity index (χ3n) is 5.27. The van der Waals surface area contributed by atoms with Crippen LogP contribution in [-0.2, 0) is 10.2 Å². The van der Waals surface area contributed by atoms with Crippen LogP contribution in [-0.4, -0.2) is 38.8 Å². The number of carbonyl (C=O) groups is 1. The summed E-state index contributed by atoms with van der Waals surface area (Å²) < 4.78 is 1.67. The average Bonchev–Trinajstić information content (AvgIpc) is 3.24.